The maximum Gasteiger partial charge on any atom is 0.0208 e. The summed E-state index contributed by atoms with van der Waals surface area (Å²) in [7, 11) is 0. The number of rotatable bonds is 4. The lowest BCUT2D eigenvalue weighted by Crippen LogP contribution is -2.36. The van der Waals surface area contributed by atoms with Crippen LogP contribution in [-0.2, 0) is 6.54 Å². The van der Waals surface area contributed by atoms with Gasteiger partial charge in [-0.05, 0) is 48.6 Å². The molecule has 0 heterocycles. The Balaban J connectivity index is 1.52. The molecule has 1 N–H and O–H groups in total. The summed E-state index contributed by atoms with van der Waals surface area (Å²) < 4.78 is 0. The third-order valence-electron chi connectivity index (χ3n) is 4.71. The molecule has 2 aliphatic rings. The van der Waals surface area contributed by atoms with Crippen LogP contribution in [0.15, 0.2) is 24.3 Å². The van der Waals surface area contributed by atoms with Gasteiger partial charge in [0.15, 0.2) is 0 Å². The summed E-state index contributed by atoms with van der Waals surface area (Å²) in [5.41, 5.74) is 2.99. The van der Waals surface area contributed by atoms with Crippen molar-refractivity contribution >= 4 is 0 Å². The minimum atomic E-state index is 0.738. The van der Waals surface area contributed by atoms with Crippen LogP contribution in [0.3, 0.4) is 0 Å². The largest absolute Gasteiger partial charge is 0.310 e. The van der Waals surface area contributed by atoms with E-state index < -0.39 is 0 Å². The standard InChI is InChI=1S/C17H25N/c1-13-4-2-3-5-17(13)18-12-14-6-8-15(9-7-14)16-10-11-16/h6-9,13,16-18H,2-5,10-12H2,1H3. The van der Waals surface area contributed by atoms with Gasteiger partial charge in [0.2, 0.25) is 0 Å². The molecule has 1 aromatic rings. The Morgan fingerprint density at radius 2 is 1.72 bits per heavy atom. The highest BCUT2D eigenvalue weighted by molar-refractivity contribution is 5.28. The fourth-order valence-corrected chi connectivity index (χ4v) is 3.19. The van der Waals surface area contributed by atoms with Gasteiger partial charge in [-0.3, -0.25) is 0 Å². The molecular weight excluding hydrogens is 218 g/mol. The highest BCUT2D eigenvalue weighted by Gasteiger charge is 2.23. The van der Waals surface area contributed by atoms with Crippen LogP contribution < -0.4 is 5.32 Å². The normalized spacial score (nSPS) is 28.3. The number of nitrogens with one attached hydrogen (secondary N) is 1. The molecule has 2 unspecified atom stereocenters. The average molecular weight is 243 g/mol. The van der Waals surface area contributed by atoms with E-state index >= 15 is 0 Å². The summed E-state index contributed by atoms with van der Waals surface area (Å²) >= 11 is 0. The van der Waals surface area contributed by atoms with Crippen LogP contribution in [0, 0.1) is 5.92 Å². The quantitative estimate of drug-likeness (QED) is 0.834. The van der Waals surface area contributed by atoms with Crippen LogP contribution in [0.4, 0.5) is 0 Å². The highest BCUT2D eigenvalue weighted by atomic mass is 14.9. The molecule has 1 heteroatoms. The van der Waals surface area contributed by atoms with E-state index in [0.717, 1.165) is 24.4 Å². The van der Waals surface area contributed by atoms with Gasteiger partial charge < -0.3 is 5.32 Å². The molecular formula is C17H25N. The summed E-state index contributed by atoms with van der Waals surface area (Å²) in [6, 6.07) is 10.0. The van der Waals surface area contributed by atoms with Crippen molar-refractivity contribution in [2.75, 3.05) is 0 Å². The van der Waals surface area contributed by atoms with Crippen LogP contribution in [-0.4, -0.2) is 6.04 Å². The monoisotopic (exact) mass is 243 g/mol. The number of benzene rings is 1. The summed E-state index contributed by atoms with van der Waals surface area (Å²) in [4.78, 5) is 0. The van der Waals surface area contributed by atoms with Gasteiger partial charge in [-0.15, -0.1) is 0 Å². The Morgan fingerprint density at radius 1 is 1.00 bits per heavy atom. The second-order valence-electron chi connectivity index (χ2n) is 6.26. The lowest BCUT2D eigenvalue weighted by atomic mass is 9.86. The summed E-state index contributed by atoms with van der Waals surface area (Å²) in [5.74, 6) is 1.73. The second-order valence-corrected chi connectivity index (χ2v) is 6.26. The summed E-state index contributed by atoms with van der Waals surface area (Å²) in [6.45, 7) is 3.44. The molecule has 0 aromatic heterocycles. The summed E-state index contributed by atoms with van der Waals surface area (Å²) in [5, 5.41) is 3.75. The molecule has 3 rings (SSSR count). The van der Waals surface area contributed by atoms with Crippen molar-refractivity contribution in [1.82, 2.24) is 5.32 Å². The van der Waals surface area contributed by atoms with Crippen molar-refractivity contribution in [3.8, 4) is 0 Å². The maximum absolute atomic E-state index is 3.75. The first kappa shape index (κ1) is 12.2. The van der Waals surface area contributed by atoms with Crippen LogP contribution in [0.5, 0.6) is 0 Å². The third-order valence-corrected chi connectivity index (χ3v) is 4.71. The van der Waals surface area contributed by atoms with E-state index in [1.807, 2.05) is 0 Å². The molecule has 0 spiro atoms. The smallest absolute Gasteiger partial charge is 0.0208 e. The van der Waals surface area contributed by atoms with E-state index in [9.17, 15) is 0 Å². The first-order chi connectivity index (χ1) is 8.83. The van der Waals surface area contributed by atoms with Gasteiger partial charge in [0.25, 0.3) is 0 Å². The van der Waals surface area contributed by atoms with Crippen LogP contribution in [0.2, 0.25) is 0 Å². The van der Waals surface area contributed by atoms with Gasteiger partial charge >= 0.3 is 0 Å². The minimum Gasteiger partial charge on any atom is -0.310 e. The van der Waals surface area contributed by atoms with E-state index in [1.54, 1.807) is 5.56 Å². The minimum absolute atomic E-state index is 0.738. The van der Waals surface area contributed by atoms with E-state index in [2.05, 4.69) is 36.5 Å². The molecule has 2 aliphatic carbocycles. The van der Waals surface area contributed by atoms with Gasteiger partial charge in [-0.25, -0.2) is 0 Å². The molecule has 1 aromatic carbocycles. The van der Waals surface area contributed by atoms with Gasteiger partial charge in [-0.2, -0.15) is 0 Å². The van der Waals surface area contributed by atoms with E-state index in [4.69, 9.17) is 0 Å². The van der Waals surface area contributed by atoms with Crippen molar-refractivity contribution in [3.63, 3.8) is 0 Å². The molecule has 0 amide bonds. The predicted molar refractivity (Wildman–Crippen MR) is 76.7 cm³/mol. The maximum atomic E-state index is 3.75. The first-order valence-corrected chi connectivity index (χ1v) is 7.65. The van der Waals surface area contributed by atoms with E-state index in [-0.39, 0.29) is 0 Å². The number of hydrogen-bond donors (Lipinski definition) is 1. The Hall–Kier alpha value is -0.820. The van der Waals surface area contributed by atoms with Crippen molar-refractivity contribution in [1.29, 1.82) is 0 Å². The zero-order valence-electron chi connectivity index (χ0n) is 11.5. The zero-order valence-corrected chi connectivity index (χ0v) is 11.5. The fourth-order valence-electron chi connectivity index (χ4n) is 3.19. The van der Waals surface area contributed by atoms with Crippen molar-refractivity contribution in [3.05, 3.63) is 35.4 Å². The lowest BCUT2D eigenvalue weighted by molar-refractivity contribution is 0.279. The molecule has 0 radical (unpaired) electrons. The Labute approximate surface area is 111 Å². The van der Waals surface area contributed by atoms with E-state index in [0.29, 0.717) is 0 Å². The lowest BCUT2D eigenvalue weighted by Gasteiger charge is -2.29. The SMILES string of the molecule is CC1CCCCC1NCc1ccc(C2CC2)cc1. The Kier molecular flexibility index (Phi) is 3.69. The molecule has 0 bridgehead atoms. The van der Waals surface area contributed by atoms with Crippen molar-refractivity contribution in [2.24, 2.45) is 5.92 Å². The van der Waals surface area contributed by atoms with Gasteiger partial charge in [-0.1, -0.05) is 44.0 Å². The van der Waals surface area contributed by atoms with Crippen molar-refractivity contribution < 1.29 is 0 Å². The topological polar surface area (TPSA) is 12.0 Å². The molecule has 0 saturated heterocycles. The van der Waals surface area contributed by atoms with Gasteiger partial charge in [0.1, 0.15) is 0 Å². The second kappa shape index (κ2) is 5.44. The average Bonchev–Trinajstić information content (AvgIpc) is 3.23. The molecule has 2 atom stereocenters. The molecule has 0 aliphatic heterocycles. The summed E-state index contributed by atoms with van der Waals surface area (Å²) in [6.07, 6.45) is 8.39. The molecule has 2 saturated carbocycles. The zero-order chi connectivity index (χ0) is 12.4. The van der Waals surface area contributed by atoms with Gasteiger partial charge in [0, 0.05) is 12.6 Å². The predicted octanol–water partition coefficient (Wildman–Crippen LogP) is 4.23. The van der Waals surface area contributed by atoms with Crippen LogP contribution >= 0.6 is 0 Å². The molecule has 98 valence electrons. The molecule has 1 nitrogen and oxygen atoms in total. The Bertz CT molecular complexity index is 377. The molecule has 18 heavy (non-hydrogen) atoms. The fraction of sp³-hybridized carbons (Fsp3) is 0.647. The van der Waals surface area contributed by atoms with Crippen LogP contribution in [0.1, 0.15) is 62.5 Å². The van der Waals surface area contributed by atoms with Crippen LogP contribution in [0.25, 0.3) is 0 Å². The highest BCUT2D eigenvalue weighted by Crippen LogP contribution is 2.39. The van der Waals surface area contributed by atoms with E-state index in [1.165, 1.54) is 44.1 Å². The van der Waals surface area contributed by atoms with Gasteiger partial charge in [0.05, 0.1) is 0 Å². The first-order valence-electron chi connectivity index (χ1n) is 7.65. The molecule has 2 fully saturated rings. The van der Waals surface area contributed by atoms with Crippen molar-refractivity contribution in [2.45, 2.75) is 64.0 Å². The number of hydrogen-bond acceptors (Lipinski definition) is 1. The third kappa shape index (κ3) is 2.95. The Morgan fingerprint density at radius 3 is 2.39 bits per heavy atom.